The van der Waals surface area contributed by atoms with E-state index in [0.717, 1.165) is 22.1 Å². The summed E-state index contributed by atoms with van der Waals surface area (Å²) >= 11 is 0. The van der Waals surface area contributed by atoms with Crippen molar-refractivity contribution in [1.82, 2.24) is 15.2 Å². The predicted molar refractivity (Wildman–Crippen MR) is 55.0 cm³/mol. The number of hydrogen-bond donors (Lipinski definition) is 0. The van der Waals surface area contributed by atoms with Crippen LogP contribution in [-0.4, -0.2) is 15.2 Å². The van der Waals surface area contributed by atoms with Gasteiger partial charge in [0.05, 0.1) is 18.7 Å². The van der Waals surface area contributed by atoms with Crippen LogP contribution in [-0.2, 0) is 0 Å². The van der Waals surface area contributed by atoms with Crippen molar-refractivity contribution in [2.75, 3.05) is 0 Å². The highest BCUT2D eigenvalue weighted by Crippen LogP contribution is 2.26. The molecule has 72 valence electrons. The first-order chi connectivity index (χ1) is 7.45. The molecule has 0 fully saturated rings. The normalized spacial score (nSPS) is 10.7. The van der Waals surface area contributed by atoms with E-state index in [9.17, 15) is 0 Å². The number of aromatic nitrogens is 3. The average molecular weight is 197 g/mol. The van der Waals surface area contributed by atoms with Gasteiger partial charge in [-0.1, -0.05) is 0 Å². The van der Waals surface area contributed by atoms with Crippen LogP contribution in [0.2, 0.25) is 0 Å². The Morgan fingerprint density at radius 2 is 2.00 bits per heavy atom. The standard InChI is InChI=1S/C11H7N3O/c1-3-13-14-6-8(1)10-7-12-5-9-2-4-15-11(9)10/h1-7H. The minimum Gasteiger partial charge on any atom is -0.464 e. The van der Waals surface area contributed by atoms with Crippen molar-refractivity contribution in [2.45, 2.75) is 0 Å². The topological polar surface area (TPSA) is 51.8 Å². The average Bonchev–Trinajstić information content (AvgIpc) is 2.78. The molecule has 3 heterocycles. The molecule has 3 aromatic rings. The zero-order valence-electron chi connectivity index (χ0n) is 7.79. The second kappa shape index (κ2) is 3.16. The fourth-order valence-corrected chi connectivity index (χ4v) is 1.55. The molecule has 0 aliphatic rings. The molecule has 0 spiro atoms. The van der Waals surface area contributed by atoms with Crippen LogP contribution >= 0.6 is 0 Å². The smallest absolute Gasteiger partial charge is 0.144 e. The minimum atomic E-state index is 0.831. The lowest BCUT2D eigenvalue weighted by molar-refractivity contribution is 0.616. The number of hydrogen-bond acceptors (Lipinski definition) is 4. The molecule has 0 saturated heterocycles. The molecule has 0 radical (unpaired) electrons. The van der Waals surface area contributed by atoms with Crippen LogP contribution in [0, 0.1) is 0 Å². The minimum absolute atomic E-state index is 0.831. The number of furan rings is 1. The third-order valence-corrected chi connectivity index (χ3v) is 2.25. The van der Waals surface area contributed by atoms with Crippen LogP contribution < -0.4 is 0 Å². The second-order valence-corrected chi connectivity index (χ2v) is 3.16. The molecule has 0 unspecified atom stereocenters. The summed E-state index contributed by atoms with van der Waals surface area (Å²) in [5, 5.41) is 8.56. The number of nitrogens with zero attached hydrogens (tertiary/aromatic N) is 3. The van der Waals surface area contributed by atoms with Crippen LogP contribution in [0.1, 0.15) is 0 Å². The van der Waals surface area contributed by atoms with Gasteiger partial charge in [-0.3, -0.25) is 4.98 Å². The van der Waals surface area contributed by atoms with Gasteiger partial charge < -0.3 is 4.42 Å². The first-order valence-electron chi connectivity index (χ1n) is 4.53. The van der Waals surface area contributed by atoms with Gasteiger partial charge in [-0.05, 0) is 12.1 Å². The Morgan fingerprint density at radius 3 is 2.87 bits per heavy atom. The first-order valence-corrected chi connectivity index (χ1v) is 4.53. The summed E-state index contributed by atoms with van der Waals surface area (Å²) in [5.74, 6) is 0. The highest BCUT2D eigenvalue weighted by molar-refractivity contribution is 5.90. The van der Waals surface area contributed by atoms with Crippen molar-refractivity contribution >= 4 is 11.0 Å². The molecule has 0 aromatic carbocycles. The lowest BCUT2D eigenvalue weighted by Gasteiger charge is -1.99. The van der Waals surface area contributed by atoms with Gasteiger partial charge in [0.15, 0.2) is 0 Å². The van der Waals surface area contributed by atoms with Crippen molar-refractivity contribution in [2.24, 2.45) is 0 Å². The molecule has 0 amide bonds. The van der Waals surface area contributed by atoms with Gasteiger partial charge in [0.25, 0.3) is 0 Å². The molecule has 0 bridgehead atoms. The van der Waals surface area contributed by atoms with E-state index < -0.39 is 0 Å². The van der Waals surface area contributed by atoms with Gasteiger partial charge in [-0.2, -0.15) is 10.2 Å². The Morgan fingerprint density at radius 1 is 1.00 bits per heavy atom. The Bertz CT molecular complexity index is 589. The summed E-state index contributed by atoms with van der Waals surface area (Å²) in [6.07, 6.45) is 8.54. The lowest BCUT2D eigenvalue weighted by atomic mass is 10.1. The number of fused-ring (bicyclic) bond motifs is 1. The van der Waals surface area contributed by atoms with E-state index >= 15 is 0 Å². The Labute approximate surface area is 85.6 Å². The molecule has 4 heteroatoms. The van der Waals surface area contributed by atoms with Gasteiger partial charge in [0.1, 0.15) is 5.58 Å². The van der Waals surface area contributed by atoms with E-state index in [0.29, 0.717) is 0 Å². The third kappa shape index (κ3) is 1.27. The fraction of sp³-hybridized carbons (Fsp3) is 0. The highest BCUT2D eigenvalue weighted by Gasteiger charge is 2.06. The van der Waals surface area contributed by atoms with Gasteiger partial charge >= 0.3 is 0 Å². The van der Waals surface area contributed by atoms with Crippen molar-refractivity contribution in [3.8, 4) is 11.1 Å². The summed E-state index contributed by atoms with van der Waals surface area (Å²) in [5.41, 5.74) is 2.73. The highest BCUT2D eigenvalue weighted by atomic mass is 16.3. The van der Waals surface area contributed by atoms with Gasteiger partial charge in [0, 0.05) is 28.9 Å². The molecule has 0 saturated carbocycles. The molecular weight excluding hydrogens is 190 g/mol. The molecule has 4 nitrogen and oxygen atoms in total. The first kappa shape index (κ1) is 8.11. The van der Waals surface area contributed by atoms with E-state index in [1.807, 2.05) is 12.1 Å². The Hall–Kier alpha value is -2.23. The van der Waals surface area contributed by atoms with Gasteiger partial charge in [-0.25, -0.2) is 0 Å². The van der Waals surface area contributed by atoms with E-state index in [1.54, 1.807) is 31.1 Å². The number of pyridine rings is 1. The van der Waals surface area contributed by atoms with Gasteiger partial charge in [-0.15, -0.1) is 0 Å². The van der Waals surface area contributed by atoms with Crippen LogP contribution in [0.5, 0.6) is 0 Å². The largest absolute Gasteiger partial charge is 0.464 e. The summed E-state index contributed by atoms with van der Waals surface area (Å²) < 4.78 is 5.42. The van der Waals surface area contributed by atoms with Crippen LogP contribution in [0.25, 0.3) is 22.1 Å². The summed E-state index contributed by atoms with van der Waals surface area (Å²) in [7, 11) is 0. The molecule has 0 atom stereocenters. The van der Waals surface area contributed by atoms with E-state index in [1.165, 1.54) is 0 Å². The SMILES string of the molecule is c1cc(-c2cncc3ccoc23)cnn1. The predicted octanol–water partition coefficient (Wildman–Crippen LogP) is 2.28. The van der Waals surface area contributed by atoms with Crippen LogP contribution in [0.4, 0.5) is 0 Å². The van der Waals surface area contributed by atoms with Crippen molar-refractivity contribution < 1.29 is 4.42 Å². The Balaban J connectivity index is 2.31. The quantitative estimate of drug-likeness (QED) is 0.600. The fourth-order valence-electron chi connectivity index (χ4n) is 1.55. The zero-order chi connectivity index (χ0) is 10.1. The molecular formula is C11H7N3O. The van der Waals surface area contributed by atoms with Crippen LogP contribution in [0.15, 0.2) is 47.6 Å². The maximum atomic E-state index is 5.42. The molecule has 3 rings (SSSR count). The van der Waals surface area contributed by atoms with E-state index in [2.05, 4.69) is 15.2 Å². The van der Waals surface area contributed by atoms with Crippen molar-refractivity contribution in [3.05, 3.63) is 43.2 Å². The molecule has 0 N–H and O–H groups in total. The maximum absolute atomic E-state index is 5.42. The Kier molecular flexibility index (Phi) is 1.71. The van der Waals surface area contributed by atoms with Crippen molar-refractivity contribution in [1.29, 1.82) is 0 Å². The third-order valence-electron chi connectivity index (χ3n) is 2.25. The second-order valence-electron chi connectivity index (χ2n) is 3.16. The molecule has 0 aliphatic carbocycles. The molecule has 0 aliphatic heterocycles. The summed E-state index contributed by atoms with van der Waals surface area (Å²) in [4.78, 5) is 4.15. The zero-order valence-corrected chi connectivity index (χ0v) is 7.79. The van der Waals surface area contributed by atoms with E-state index in [-0.39, 0.29) is 0 Å². The van der Waals surface area contributed by atoms with Gasteiger partial charge in [0.2, 0.25) is 0 Å². The molecule has 3 aromatic heterocycles. The monoisotopic (exact) mass is 197 g/mol. The summed E-state index contributed by atoms with van der Waals surface area (Å²) in [6.45, 7) is 0. The number of rotatable bonds is 1. The summed E-state index contributed by atoms with van der Waals surface area (Å²) in [6, 6.07) is 3.77. The van der Waals surface area contributed by atoms with Crippen LogP contribution in [0.3, 0.4) is 0 Å². The maximum Gasteiger partial charge on any atom is 0.144 e. The lowest BCUT2D eigenvalue weighted by Crippen LogP contribution is -1.84. The molecule has 15 heavy (non-hydrogen) atoms. The van der Waals surface area contributed by atoms with Crippen molar-refractivity contribution in [3.63, 3.8) is 0 Å². The van der Waals surface area contributed by atoms with E-state index in [4.69, 9.17) is 4.42 Å².